The summed E-state index contributed by atoms with van der Waals surface area (Å²) in [6, 6.07) is 33.5. The van der Waals surface area contributed by atoms with Crippen LogP contribution in [0.3, 0.4) is 0 Å². The first-order valence-electron chi connectivity index (χ1n) is 14.9. The summed E-state index contributed by atoms with van der Waals surface area (Å²) in [6.45, 7) is 6.63. The van der Waals surface area contributed by atoms with Crippen molar-refractivity contribution in [1.29, 1.82) is 21.0 Å². The quantitative estimate of drug-likeness (QED) is 0.109. The van der Waals surface area contributed by atoms with Crippen LogP contribution < -0.4 is 4.90 Å². The van der Waals surface area contributed by atoms with Gasteiger partial charge in [0.15, 0.2) is 0 Å². The molecule has 0 amide bonds. The van der Waals surface area contributed by atoms with Crippen molar-refractivity contribution >= 4 is 51.7 Å². The smallest absolute Gasteiger partial charge is 0.138 e. The molecule has 4 aromatic rings. The predicted octanol–water partition coefficient (Wildman–Crippen LogP) is 10.4. The zero-order valence-corrected chi connectivity index (χ0v) is 27.1. The molecule has 0 N–H and O–H groups in total. The monoisotopic (exact) mass is 623 g/mol. The SMILES string of the molecule is CCCCN(CCCC)c1ccc(/C=C/c2ccc(-c3ccc(C(=C(C#N)C#N)C(=C(C#N)C#N)c4ccccc4)s3)s2)cc1. The maximum atomic E-state index is 9.85. The number of hydrogen-bond donors (Lipinski definition) is 0. The standard InChI is InChI=1S/C38H33N5S2/c1-3-5-22-43(23-6-4-2)32-15-12-28(13-16-32)14-17-33-18-19-34(44-33)35-20-21-36(45-35)38(31(26-41)27-42)37(30(24-39)25-40)29-10-8-7-9-11-29/h7-21H,3-6,22-23H2,1-2H3/b17-14+. The molecule has 0 spiro atoms. The topological polar surface area (TPSA) is 98.4 Å². The van der Waals surface area contributed by atoms with Crippen LogP contribution in [-0.2, 0) is 0 Å². The van der Waals surface area contributed by atoms with Gasteiger partial charge < -0.3 is 4.90 Å². The molecule has 4 rings (SSSR count). The second kappa shape index (κ2) is 16.6. The lowest BCUT2D eigenvalue weighted by Gasteiger charge is -2.24. The van der Waals surface area contributed by atoms with E-state index in [1.54, 1.807) is 35.6 Å². The highest BCUT2D eigenvalue weighted by atomic mass is 32.1. The summed E-state index contributed by atoms with van der Waals surface area (Å²) in [5.41, 5.74) is 3.28. The Morgan fingerprint density at radius 1 is 0.644 bits per heavy atom. The number of nitriles is 4. The van der Waals surface area contributed by atoms with Gasteiger partial charge in [-0.05, 0) is 66.4 Å². The van der Waals surface area contributed by atoms with Crippen LogP contribution in [0.5, 0.6) is 0 Å². The van der Waals surface area contributed by atoms with Crippen LogP contribution in [0.1, 0.15) is 60.4 Å². The van der Waals surface area contributed by atoms with E-state index >= 15 is 0 Å². The third-order valence-electron chi connectivity index (χ3n) is 7.24. The van der Waals surface area contributed by atoms with E-state index in [2.05, 4.69) is 67.3 Å². The van der Waals surface area contributed by atoms with Crippen LogP contribution in [-0.4, -0.2) is 13.1 Å². The van der Waals surface area contributed by atoms with Crippen LogP contribution >= 0.6 is 22.7 Å². The van der Waals surface area contributed by atoms with E-state index in [-0.39, 0.29) is 16.7 Å². The number of rotatable bonds is 13. The highest BCUT2D eigenvalue weighted by Crippen LogP contribution is 2.42. The molecule has 2 heterocycles. The normalized spacial score (nSPS) is 10.4. The molecule has 0 aliphatic rings. The molecule has 0 fully saturated rings. The van der Waals surface area contributed by atoms with Crippen molar-refractivity contribution in [1.82, 2.24) is 0 Å². The van der Waals surface area contributed by atoms with E-state index in [4.69, 9.17) is 0 Å². The van der Waals surface area contributed by atoms with Crippen molar-refractivity contribution in [3.05, 3.63) is 111 Å². The number of allylic oxidation sites excluding steroid dienone is 4. The van der Waals surface area contributed by atoms with Crippen molar-refractivity contribution in [3.63, 3.8) is 0 Å². The van der Waals surface area contributed by atoms with Gasteiger partial charge in [-0.1, -0.05) is 75.2 Å². The van der Waals surface area contributed by atoms with Gasteiger partial charge in [-0.2, -0.15) is 21.0 Å². The fourth-order valence-electron chi connectivity index (χ4n) is 4.89. The van der Waals surface area contributed by atoms with Crippen LogP contribution in [0.2, 0.25) is 0 Å². The van der Waals surface area contributed by atoms with Gasteiger partial charge in [0.1, 0.15) is 35.4 Å². The maximum Gasteiger partial charge on any atom is 0.138 e. The highest BCUT2D eigenvalue weighted by Gasteiger charge is 2.22. The van der Waals surface area contributed by atoms with E-state index in [1.807, 2.05) is 42.5 Å². The number of thiophene rings is 2. The van der Waals surface area contributed by atoms with Gasteiger partial charge in [-0.25, -0.2) is 0 Å². The molecule has 222 valence electrons. The Kier molecular flexibility index (Phi) is 12.1. The van der Waals surface area contributed by atoms with E-state index in [9.17, 15) is 21.0 Å². The molecule has 0 bridgehead atoms. The van der Waals surface area contributed by atoms with Gasteiger partial charge >= 0.3 is 0 Å². The molecule has 2 aromatic carbocycles. The summed E-state index contributed by atoms with van der Waals surface area (Å²) in [5.74, 6) is 0. The summed E-state index contributed by atoms with van der Waals surface area (Å²) >= 11 is 3.08. The van der Waals surface area contributed by atoms with Gasteiger partial charge in [0, 0.05) is 49.4 Å². The molecule has 0 saturated carbocycles. The van der Waals surface area contributed by atoms with Crippen LogP contribution in [0.25, 0.3) is 33.1 Å². The molecule has 2 aromatic heterocycles. The van der Waals surface area contributed by atoms with Gasteiger partial charge in [-0.15, -0.1) is 22.7 Å². The lowest BCUT2D eigenvalue weighted by Crippen LogP contribution is -2.25. The van der Waals surface area contributed by atoms with E-state index in [0.717, 1.165) is 33.3 Å². The van der Waals surface area contributed by atoms with Crippen molar-refractivity contribution in [2.24, 2.45) is 0 Å². The number of anilines is 1. The fourth-order valence-corrected chi connectivity index (χ4v) is 6.95. The van der Waals surface area contributed by atoms with Crippen molar-refractivity contribution in [2.45, 2.75) is 39.5 Å². The summed E-state index contributed by atoms with van der Waals surface area (Å²) in [7, 11) is 0. The minimum Gasteiger partial charge on any atom is -0.372 e. The minimum absolute atomic E-state index is 0.148. The Morgan fingerprint density at radius 2 is 1.22 bits per heavy atom. The second-order valence-electron chi connectivity index (χ2n) is 10.3. The molecule has 0 aliphatic carbocycles. The highest BCUT2D eigenvalue weighted by molar-refractivity contribution is 7.23. The lowest BCUT2D eigenvalue weighted by molar-refractivity contribution is 0.678. The van der Waals surface area contributed by atoms with Crippen LogP contribution in [0, 0.1) is 45.3 Å². The molecule has 0 unspecified atom stereocenters. The molecule has 0 radical (unpaired) electrons. The first kappa shape index (κ1) is 32.7. The van der Waals surface area contributed by atoms with Gasteiger partial charge in [-0.3, -0.25) is 0 Å². The molecule has 5 nitrogen and oxygen atoms in total. The fraction of sp³-hybridized carbons (Fsp3) is 0.211. The average molecular weight is 624 g/mol. The van der Waals surface area contributed by atoms with Gasteiger partial charge in [0.05, 0.1) is 0 Å². The van der Waals surface area contributed by atoms with Crippen LogP contribution in [0.4, 0.5) is 5.69 Å². The molecular formula is C38H33N5S2. The molecule has 0 saturated heterocycles. The zero-order valence-electron chi connectivity index (χ0n) is 25.5. The first-order chi connectivity index (χ1) is 22.1. The Balaban J connectivity index is 1.60. The molecule has 0 aliphatic heterocycles. The summed E-state index contributed by atoms with van der Waals surface area (Å²) in [5, 5.41) is 39.3. The lowest BCUT2D eigenvalue weighted by atomic mass is 9.90. The van der Waals surface area contributed by atoms with E-state index < -0.39 is 0 Å². The molecular weight excluding hydrogens is 591 g/mol. The Morgan fingerprint density at radius 3 is 1.82 bits per heavy atom. The number of unbranched alkanes of at least 4 members (excludes halogenated alkanes) is 2. The number of nitrogens with zero attached hydrogens (tertiary/aromatic N) is 5. The van der Waals surface area contributed by atoms with Gasteiger partial charge in [0.25, 0.3) is 0 Å². The third-order valence-corrected chi connectivity index (χ3v) is 9.59. The number of hydrogen-bond acceptors (Lipinski definition) is 7. The van der Waals surface area contributed by atoms with E-state index in [1.165, 1.54) is 42.7 Å². The van der Waals surface area contributed by atoms with E-state index in [0.29, 0.717) is 16.0 Å². The molecule has 45 heavy (non-hydrogen) atoms. The second-order valence-corrected chi connectivity index (χ2v) is 12.5. The Hall–Kier alpha value is -5.18. The Bertz CT molecular complexity index is 1820. The summed E-state index contributed by atoms with van der Waals surface area (Å²) in [6.07, 6.45) is 8.99. The summed E-state index contributed by atoms with van der Waals surface area (Å²) < 4.78 is 0. The third kappa shape index (κ3) is 8.26. The minimum atomic E-state index is -0.152. The molecule has 7 heteroatoms. The van der Waals surface area contributed by atoms with Crippen molar-refractivity contribution < 1.29 is 0 Å². The average Bonchev–Trinajstić information content (AvgIpc) is 3.77. The van der Waals surface area contributed by atoms with Crippen molar-refractivity contribution in [3.8, 4) is 34.0 Å². The van der Waals surface area contributed by atoms with Gasteiger partial charge in [0.2, 0.25) is 0 Å². The summed E-state index contributed by atoms with van der Waals surface area (Å²) in [4.78, 5) is 6.24. The molecule has 0 atom stereocenters. The van der Waals surface area contributed by atoms with Crippen LogP contribution in [0.15, 0.2) is 90.0 Å². The number of benzene rings is 2. The zero-order chi connectivity index (χ0) is 32.0. The Labute approximate surface area is 274 Å². The predicted molar refractivity (Wildman–Crippen MR) is 188 cm³/mol. The maximum absolute atomic E-state index is 9.85. The largest absolute Gasteiger partial charge is 0.372 e. The van der Waals surface area contributed by atoms with Crippen molar-refractivity contribution in [2.75, 3.05) is 18.0 Å². The first-order valence-corrected chi connectivity index (χ1v) is 16.6.